The SMILES string of the molecule is O=Cc1nn(-c2ccccc2)c(-c2ccc(Cl)cc2)c1I. The fourth-order valence-corrected chi connectivity index (χ4v) is 3.00. The number of hydrogen-bond acceptors (Lipinski definition) is 2. The van der Waals surface area contributed by atoms with Crippen LogP contribution in [0.3, 0.4) is 0 Å². The maximum Gasteiger partial charge on any atom is 0.171 e. The van der Waals surface area contributed by atoms with E-state index < -0.39 is 0 Å². The molecule has 104 valence electrons. The maximum atomic E-state index is 11.2. The first-order valence-corrected chi connectivity index (χ1v) is 7.71. The molecular weight excluding hydrogens is 399 g/mol. The Morgan fingerprint density at radius 1 is 1.05 bits per heavy atom. The Kier molecular flexibility index (Phi) is 4.07. The normalized spacial score (nSPS) is 10.6. The molecule has 0 bridgehead atoms. The standard InChI is InChI=1S/C16H10ClIN2O/c17-12-8-6-11(7-9-12)16-15(18)14(10-21)19-20(16)13-4-2-1-3-5-13/h1-10H. The van der Waals surface area contributed by atoms with Crippen molar-refractivity contribution in [3.63, 3.8) is 0 Å². The van der Waals surface area contributed by atoms with E-state index in [1.165, 1.54) is 0 Å². The highest BCUT2D eigenvalue weighted by molar-refractivity contribution is 14.1. The number of carbonyl (C=O) groups excluding carboxylic acids is 1. The van der Waals surface area contributed by atoms with Crippen LogP contribution in [-0.4, -0.2) is 16.1 Å². The zero-order valence-electron chi connectivity index (χ0n) is 10.8. The highest BCUT2D eigenvalue weighted by atomic mass is 127. The predicted octanol–water partition coefficient (Wildman–Crippen LogP) is 4.61. The maximum absolute atomic E-state index is 11.2. The minimum absolute atomic E-state index is 0.435. The lowest BCUT2D eigenvalue weighted by Gasteiger charge is -2.08. The Morgan fingerprint density at radius 2 is 1.71 bits per heavy atom. The molecule has 0 N–H and O–H groups in total. The van der Waals surface area contributed by atoms with Gasteiger partial charge in [-0.2, -0.15) is 5.10 Å². The molecule has 1 aromatic heterocycles. The molecule has 0 fully saturated rings. The molecule has 0 atom stereocenters. The molecule has 0 aliphatic heterocycles. The molecule has 0 saturated heterocycles. The van der Waals surface area contributed by atoms with Gasteiger partial charge in [-0.3, -0.25) is 4.79 Å². The highest BCUT2D eigenvalue weighted by Gasteiger charge is 2.17. The number of hydrogen-bond donors (Lipinski definition) is 0. The number of para-hydroxylation sites is 1. The smallest absolute Gasteiger partial charge is 0.171 e. The second-order valence-electron chi connectivity index (χ2n) is 4.42. The Balaban J connectivity index is 2.25. The number of nitrogens with zero attached hydrogens (tertiary/aromatic N) is 2. The van der Waals surface area contributed by atoms with Crippen molar-refractivity contribution in [1.29, 1.82) is 0 Å². The van der Waals surface area contributed by atoms with Gasteiger partial charge in [0.25, 0.3) is 0 Å². The van der Waals surface area contributed by atoms with Gasteiger partial charge in [0.2, 0.25) is 0 Å². The van der Waals surface area contributed by atoms with Crippen LogP contribution in [0.5, 0.6) is 0 Å². The van der Waals surface area contributed by atoms with Gasteiger partial charge in [0, 0.05) is 10.6 Å². The van der Waals surface area contributed by atoms with Crippen molar-refractivity contribution in [2.24, 2.45) is 0 Å². The molecule has 0 aliphatic rings. The summed E-state index contributed by atoms with van der Waals surface area (Å²) in [5.74, 6) is 0. The summed E-state index contributed by atoms with van der Waals surface area (Å²) < 4.78 is 2.61. The van der Waals surface area contributed by atoms with Gasteiger partial charge in [0.1, 0.15) is 5.69 Å². The van der Waals surface area contributed by atoms with Gasteiger partial charge in [-0.15, -0.1) is 0 Å². The van der Waals surface area contributed by atoms with Crippen LogP contribution in [0, 0.1) is 3.57 Å². The van der Waals surface area contributed by atoms with Crippen LogP contribution in [0.4, 0.5) is 0 Å². The zero-order valence-corrected chi connectivity index (χ0v) is 13.7. The molecule has 5 heteroatoms. The van der Waals surface area contributed by atoms with Crippen LogP contribution >= 0.6 is 34.2 Å². The zero-order chi connectivity index (χ0) is 14.8. The van der Waals surface area contributed by atoms with Gasteiger partial charge in [0.15, 0.2) is 6.29 Å². The molecule has 21 heavy (non-hydrogen) atoms. The highest BCUT2D eigenvalue weighted by Crippen LogP contribution is 2.30. The van der Waals surface area contributed by atoms with E-state index >= 15 is 0 Å². The number of halogens is 2. The van der Waals surface area contributed by atoms with Gasteiger partial charge < -0.3 is 0 Å². The molecule has 0 saturated carbocycles. The fraction of sp³-hybridized carbons (Fsp3) is 0. The van der Waals surface area contributed by atoms with Crippen molar-refractivity contribution >= 4 is 40.5 Å². The first-order valence-electron chi connectivity index (χ1n) is 6.26. The Bertz CT molecular complexity index is 782. The third kappa shape index (κ3) is 2.73. The molecular formula is C16H10ClIN2O. The Morgan fingerprint density at radius 3 is 2.33 bits per heavy atom. The molecule has 0 unspecified atom stereocenters. The van der Waals surface area contributed by atoms with Crippen LogP contribution in [0.25, 0.3) is 16.9 Å². The second kappa shape index (κ2) is 5.99. The molecule has 0 spiro atoms. The summed E-state index contributed by atoms with van der Waals surface area (Å²) in [4.78, 5) is 11.2. The van der Waals surface area contributed by atoms with Gasteiger partial charge in [-0.05, 0) is 46.9 Å². The van der Waals surface area contributed by atoms with Crippen molar-refractivity contribution in [3.8, 4) is 16.9 Å². The number of aromatic nitrogens is 2. The summed E-state index contributed by atoms with van der Waals surface area (Å²) in [6.07, 6.45) is 0.778. The van der Waals surface area contributed by atoms with Crippen molar-refractivity contribution in [2.75, 3.05) is 0 Å². The van der Waals surface area contributed by atoms with E-state index in [9.17, 15) is 4.79 Å². The van der Waals surface area contributed by atoms with Crippen LogP contribution < -0.4 is 0 Å². The summed E-state index contributed by atoms with van der Waals surface area (Å²) in [6, 6.07) is 17.2. The monoisotopic (exact) mass is 408 g/mol. The first-order chi connectivity index (χ1) is 10.2. The summed E-state index contributed by atoms with van der Waals surface area (Å²) in [7, 11) is 0. The van der Waals surface area contributed by atoms with Gasteiger partial charge in [0.05, 0.1) is 15.0 Å². The largest absolute Gasteiger partial charge is 0.296 e. The summed E-state index contributed by atoms with van der Waals surface area (Å²) in [6.45, 7) is 0. The van der Waals surface area contributed by atoms with Crippen molar-refractivity contribution in [3.05, 3.63) is 68.9 Å². The van der Waals surface area contributed by atoms with Crippen molar-refractivity contribution in [2.45, 2.75) is 0 Å². The van der Waals surface area contributed by atoms with Crippen molar-refractivity contribution < 1.29 is 4.79 Å². The fourth-order valence-electron chi connectivity index (χ4n) is 2.10. The lowest BCUT2D eigenvalue weighted by molar-refractivity contribution is 0.111. The number of rotatable bonds is 3. The summed E-state index contributed by atoms with van der Waals surface area (Å²) in [5.41, 5.74) is 3.20. The number of aldehydes is 1. The van der Waals surface area contributed by atoms with Gasteiger partial charge in [-0.25, -0.2) is 4.68 Å². The van der Waals surface area contributed by atoms with E-state index in [0.29, 0.717) is 10.7 Å². The minimum atomic E-state index is 0.435. The van der Waals surface area contributed by atoms with Crippen LogP contribution in [0.15, 0.2) is 54.6 Å². The van der Waals surface area contributed by atoms with Gasteiger partial charge >= 0.3 is 0 Å². The van der Waals surface area contributed by atoms with E-state index in [-0.39, 0.29) is 0 Å². The molecule has 0 radical (unpaired) electrons. The average molecular weight is 409 g/mol. The molecule has 0 amide bonds. The van der Waals surface area contributed by atoms with Crippen molar-refractivity contribution in [1.82, 2.24) is 9.78 Å². The Hall–Kier alpha value is -1.66. The first kappa shape index (κ1) is 14.3. The second-order valence-corrected chi connectivity index (χ2v) is 5.94. The van der Waals surface area contributed by atoms with E-state index in [2.05, 4.69) is 27.7 Å². The average Bonchev–Trinajstić information content (AvgIpc) is 2.86. The molecule has 3 nitrogen and oxygen atoms in total. The molecule has 1 heterocycles. The van der Waals surface area contributed by atoms with E-state index in [1.54, 1.807) is 4.68 Å². The molecule has 2 aromatic carbocycles. The van der Waals surface area contributed by atoms with E-state index in [0.717, 1.165) is 26.8 Å². The lowest BCUT2D eigenvalue weighted by Crippen LogP contribution is -1.99. The van der Waals surface area contributed by atoms with Crippen LogP contribution in [0.1, 0.15) is 10.5 Å². The molecule has 3 aromatic rings. The third-order valence-corrected chi connectivity index (χ3v) is 4.40. The third-order valence-electron chi connectivity index (χ3n) is 3.08. The molecule has 3 rings (SSSR count). The molecule has 0 aliphatic carbocycles. The summed E-state index contributed by atoms with van der Waals surface area (Å²) >= 11 is 8.10. The van der Waals surface area contributed by atoms with Crippen LogP contribution in [-0.2, 0) is 0 Å². The lowest BCUT2D eigenvalue weighted by atomic mass is 10.1. The Labute approximate surface area is 140 Å². The van der Waals surface area contributed by atoms with E-state index in [4.69, 9.17) is 11.6 Å². The topological polar surface area (TPSA) is 34.9 Å². The number of carbonyl (C=O) groups is 1. The van der Waals surface area contributed by atoms with Crippen LogP contribution in [0.2, 0.25) is 5.02 Å². The summed E-state index contributed by atoms with van der Waals surface area (Å²) in [5, 5.41) is 5.08. The van der Waals surface area contributed by atoms with Gasteiger partial charge in [-0.1, -0.05) is 41.9 Å². The quantitative estimate of drug-likeness (QED) is 0.469. The number of benzene rings is 2. The minimum Gasteiger partial charge on any atom is -0.296 e. The predicted molar refractivity (Wildman–Crippen MR) is 92.1 cm³/mol. The van der Waals surface area contributed by atoms with E-state index in [1.807, 2.05) is 54.6 Å².